The van der Waals surface area contributed by atoms with E-state index in [1.807, 2.05) is 47.3 Å². The highest BCUT2D eigenvalue weighted by molar-refractivity contribution is 9.10. The van der Waals surface area contributed by atoms with Crippen LogP contribution >= 0.6 is 27.5 Å². The average Bonchev–Trinajstić information content (AvgIpc) is 3.05. The van der Waals surface area contributed by atoms with Crippen LogP contribution in [-0.4, -0.2) is 30.4 Å². The summed E-state index contributed by atoms with van der Waals surface area (Å²) >= 11 is 9.43. The normalized spacial score (nSPS) is 11.4. The largest absolute Gasteiger partial charge is 0.274 e. The molecule has 0 saturated carbocycles. The van der Waals surface area contributed by atoms with Crippen molar-refractivity contribution < 1.29 is 13.2 Å². The molecule has 1 heterocycles. The van der Waals surface area contributed by atoms with Crippen molar-refractivity contribution >= 4 is 43.5 Å². The molecule has 0 spiro atoms. The fourth-order valence-corrected chi connectivity index (χ4v) is 3.77. The second-order valence-corrected chi connectivity index (χ2v) is 9.68. The molecule has 0 aliphatic rings. The summed E-state index contributed by atoms with van der Waals surface area (Å²) in [6, 6.07) is 15.2. The average molecular weight is 497 g/mol. The van der Waals surface area contributed by atoms with E-state index in [9.17, 15) is 13.2 Å². The number of sulfonamides is 1. The smallest absolute Gasteiger partial charge is 0.233 e. The molecule has 29 heavy (non-hydrogen) atoms. The molecule has 6 nitrogen and oxygen atoms in total. The third-order valence-corrected chi connectivity index (χ3v) is 5.53. The fraction of sp³-hybridized carbons (Fsp3) is 0.200. The number of nitrogens with one attached hydrogen (secondary N) is 1. The van der Waals surface area contributed by atoms with Gasteiger partial charge in [-0.1, -0.05) is 39.7 Å². The highest BCUT2D eigenvalue weighted by Crippen LogP contribution is 2.27. The van der Waals surface area contributed by atoms with Crippen molar-refractivity contribution in [2.45, 2.75) is 19.3 Å². The van der Waals surface area contributed by atoms with Gasteiger partial charge < -0.3 is 0 Å². The number of aryl methyl sites for hydroxylation is 1. The molecule has 1 amide bonds. The number of aromatic nitrogens is 2. The molecule has 0 radical (unpaired) electrons. The summed E-state index contributed by atoms with van der Waals surface area (Å²) < 4.78 is 27.1. The number of amides is 1. The highest BCUT2D eigenvalue weighted by Gasteiger charge is 2.14. The van der Waals surface area contributed by atoms with Crippen molar-refractivity contribution in [1.29, 1.82) is 0 Å². The Morgan fingerprint density at radius 2 is 1.79 bits per heavy atom. The van der Waals surface area contributed by atoms with E-state index < -0.39 is 15.9 Å². The van der Waals surface area contributed by atoms with Gasteiger partial charge in [-0.2, -0.15) is 5.10 Å². The molecule has 0 unspecified atom stereocenters. The number of nitrogens with zero attached hydrogens (tertiary/aromatic N) is 2. The molecular formula is C20H19BrClN3O3S. The van der Waals surface area contributed by atoms with Crippen molar-refractivity contribution in [3.05, 3.63) is 69.8 Å². The van der Waals surface area contributed by atoms with E-state index in [-0.39, 0.29) is 6.42 Å². The molecule has 0 atom stereocenters. The summed E-state index contributed by atoms with van der Waals surface area (Å²) in [6.45, 7) is 0. The van der Waals surface area contributed by atoms with Crippen LogP contribution in [-0.2, 0) is 21.2 Å². The van der Waals surface area contributed by atoms with Gasteiger partial charge in [0.1, 0.15) is 0 Å². The summed E-state index contributed by atoms with van der Waals surface area (Å²) in [5.74, 6) is -0.513. The molecule has 2 aromatic carbocycles. The number of benzene rings is 2. The predicted molar refractivity (Wildman–Crippen MR) is 118 cm³/mol. The van der Waals surface area contributed by atoms with Gasteiger partial charge in [-0.05, 0) is 54.8 Å². The Labute approximate surface area is 183 Å². The Bertz CT molecular complexity index is 1110. The Morgan fingerprint density at radius 3 is 2.41 bits per heavy atom. The maximum absolute atomic E-state index is 11.8. The van der Waals surface area contributed by atoms with Gasteiger partial charge in [0, 0.05) is 27.7 Å². The number of carbonyl (C=O) groups is 1. The Balaban J connectivity index is 1.84. The third kappa shape index (κ3) is 6.16. The maximum atomic E-state index is 11.8. The molecule has 3 rings (SSSR count). The minimum Gasteiger partial charge on any atom is -0.274 e. The van der Waals surface area contributed by atoms with E-state index in [4.69, 9.17) is 16.7 Å². The molecule has 0 bridgehead atoms. The van der Waals surface area contributed by atoms with Crippen LogP contribution in [0.5, 0.6) is 0 Å². The van der Waals surface area contributed by atoms with Crippen molar-refractivity contribution in [1.82, 2.24) is 14.5 Å². The Hall–Kier alpha value is -2.16. The third-order valence-electron chi connectivity index (χ3n) is 4.15. The van der Waals surface area contributed by atoms with Gasteiger partial charge in [0.25, 0.3) is 0 Å². The van der Waals surface area contributed by atoms with E-state index in [2.05, 4.69) is 15.9 Å². The summed E-state index contributed by atoms with van der Waals surface area (Å²) in [6.07, 6.45) is 4.07. The molecule has 0 saturated heterocycles. The molecule has 0 fully saturated rings. The molecule has 3 aromatic rings. The zero-order chi connectivity index (χ0) is 21.0. The van der Waals surface area contributed by atoms with Crippen LogP contribution in [0.1, 0.15) is 18.4 Å². The van der Waals surface area contributed by atoms with Crippen LogP contribution in [0.3, 0.4) is 0 Å². The first-order valence-electron chi connectivity index (χ1n) is 8.82. The highest BCUT2D eigenvalue weighted by atomic mass is 79.9. The van der Waals surface area contributed by atoms with Gasteiger partial charge in [-0.3, -0.25) is 9.52 Å². The van der Waals surface area contributed by atoms with Crippen molar-refractivity contribution in [3.63, 3.8) is 0 Å². The first kappa shape index (κ1) is 21.5. The van der Waals surface area contributed by atoms with Crippen LogP contribution in [0.15, 0.2) is 59.2 Å². The predicted octanol–water partition coefficient (Wildman–Crippen LogP) is 4.35. The van der Waals surface area contributed by atoms with Crippen molar-refractivity contribution in [2.24, 2.45) is 0 Å². The van der Waals surface area contributed by atoms with E-state index in [0.29, 0.717) is 17.9 Å². The number of hydrogen-bond donors (Lipinski definition) is 1. The zero-order valence-electron chi connectivity index (χ0n) is 15.6. The molecule has 1 aromatic heterocycles. The maximum Gasteiger partial charge on any atom is 0.233 e. The summed E-state index contributed by atoms with van der Waals surface area (Å²) in [5.41, 5.74) is 3.58. The van der Waals surface area contributed by atoms with Crippen molar-refractivity contribution in [2.75, 3.05) is 6.26 Å². The SMILES string of the molecule is CS(=O)(=O)NC(=O)CCCc1cn(-c2ccc(Br)cc2)nc1-c1ccc(Cl)cc1. The molecule has 0 aliphatic heterocycles. The lowest BCUT2D eigenvalue weighted by Crippen LogP contribution is -2.29. The van der Waals surface area contributed by atoms with E-state index in [0.717, 1.165) is 33.2 Å². The van der Waals surface area contributed by atoms with Crippen LogP contribution < -0.4 is 4.72 Å². The number of halogens is 2. The van der Waals surface area contributed by atoms with Gasteiger partial charge in [0.05, 0.1) is 17.6 Å². The van der Waals surface area contributed by atoms with E-state index >= 15 is 0 Å². The van der Waals surface area contributed by atoms with Crippen LogP contribution in [0.25, 0.3) is 16.9 Å². The minimum atomic E-state index is -3.54. The first-order chi connectivity index (χ1) is 13.7. The second-order valence-electron chi connectivity index (χ2n) is 6.58. The molecule has 0 aliphatic carbocycles. The van der Waals surface area contributed by atoms with Gasteiger partial charge in [0.15, 0.2) is 0 Å². The monoisotopic (exact) mass is 495 g/mol. The molecule has 152 valence electrons. The van der Waals surface area contributed by atoms with E-state index in [1.165, 1.54) is 0 Å². The lowest BCUT2D eigenvalue weighted by atomic mass is 10.0. The van der Waals surface area contributed by atoms with Crippen molar-refractivity contribution in [3.8, 4) is 16.9 Å². The first-order valence-corrected chi connectivity index (χ1v) is 11.9. The van der Waals surface area contributed by atoms with Gasteiger partial charge in [0.2, 0.25) is 15.9 Å². The standard InChI is InChI=1S/C20H19BrClN3O3S/c1-29(27,28)24-19(26)4-2-3-15-13-25(18-11-7-16(21)8-12-18)23-20(15)14-5-9-17(22)10-6-14/h5-13H,2-4H2,1H3,(H,24,26). The van der Waals surface area contributed by atoms with Gasteiger partial charge in [-0.25, -0.2) is 13.1 Å². The zero-order valence-corrected chi connectivity index (χ0v) is 18.8. The molecule has 1 N–H and O–H groups in total. The van der Waals surface area contributed by atoms with E-state index in [1.54, 1.807) is 16.8 Å². The number of carbonyl (C=O) groups excluding carboxylic acids is 1. The lowest BCUT2D eigenvalue weighted by Gasteiger charge is -2.04. The fourth-order valence-electron chi connectivity index (χ4n) is 2.87. The topological polar surface area (TPSA) is 81.1 Å². The number of rotatable bonds is 7. The lowest BCUT2D eigenvalue weighted by molar-refractivity contribution is -0.119. The van der Waals surface area contributed by atoms with Gasteiger partial charge >= 0.3 is 0 Å². The second kappa shape index (κ2) is 9.11. The Kier molecular flexibility index (Phi) is 6.77. The van der Waals surface area contributed by atoms with Crippen LogP contribution in [0, 0.1) is 0 Å². The molecule has 9 heteroatoms. The summed E-state index contributed by atoms with van der Waals surface area (Å²) in [4.78, 5) is 11.8. The minimum absolute atomic E-state index is 0.108. The quantitative estimate of drug-likeness (QED) is 0.527. The summed E-state index contributed by atoms with van der Waals surface area (Å²) in [5, 5.41) is 5.37. The summed E-state index contributed by atoms with van der Waals surface area (Å²) in [7, 11) is -3.54. The van der Waals surface area contributed by atoms with Crippen LogP contribution in [0.2, 0.25) is 5.02 Å². The van der Waals surface area contributed by atoms with Crippen LogP contribution in [0.4, 0.5) is 0 Å². The Morgan fingerprint density at radius 1 is 1.14 bits per heavy atom. The number of hydrogen-bond acceptors (Lipinski definition) is 4. The molecular weight excluding hydrogens is 478 g/mol. The van der Waals surface area contributed by atoms with Gasteiger partial charge in [-0.15, -0.1) is 0 Å².